The van der Waals surface area contributed by atoms with Crippen LogP contribution < -0.4 is 25.3 Å². The van der Waals surface area contributed by atoms with E-state index in [4.69, 9.17) is 19.9 Å². The summed E-state index contributed by atoms with van der Waals surface area (Å²) in [5.41, 5.74) is 6.41. The number of hydrogen-bond acceptors (Lipinski definition) is 5. The first kappa shape index (κ1) is 17.1. The van der Waals surface area contributed by atoms with Gasteiger partial charge in [0, 0.05) is 17.8 Å². The van der Waals surface area contributed by atoms with E-state index in [-0.39, 0.29) is 5.91 Å². The number of methoxy groups -OCH3 is 3. The van der Waals surface area contributed by atoms with Crippen LogP contribution in [0.15, 0.2) is 12.1 Å². The van der Waals surface area contributed by atoms with Crippen molar-refractivity contribution in [3.63, 3.8) is 0 Å². The van der Waals surface area contributed by atoms with Crippen molar-refractivity contribution in [2.24, 2.45) is 5.73 Å². The van der Waals surface area contributed by atoms with Crippen molar-refractivity contribution in [1.29, 1.82) is 0 Å². The molecule has 0 radical (unpaired) electrons. The molecule has 0 bridgehead atoms. The molecule has 6 nitrogen and oxygen atoms in total. The first-order valence-electron chi connectivity index (χ1n) is 6.93. The van der Waals surface area contributed by atoms with Crippen LogP contribution in [0.4, 0.5) is 5.69 Å². The van der Waals surface area contributed by atoms with Crippen LogP contribution in [0, 0.1) is 0 Å². The van der Waals surface area contributed by atoms with Gasteiger partial charge in [-0.15, -0.1) is 0 Å². The van der Waals surface area contributed by atoms with Crippen molar-refractivity contribution < 1.29 is 19.0 Å². The fraction of sp³-hybridized carbons (Fsp3) is 0.533. The average Bonchev–Trinajstić information content (AvgIpc) is 2.51. The number of nitrogens with one attached hydrogen (secondary N) is 1. The summed E-state index contributed by atoms with van der Waals surface area (Å²) in [6.45, 7) is 2.06. The fourth-order valence-corrected chi connectivity index (χ4v) is 1.94. The summed E-state index contributed by atoms with van der Waals surface area (Å²) >= 11 is 0. The van der Waals surface area contributed by atoms with E-state index in [0.29, 0.717) is 29.4 Å². The highest BCUT2D eigenvalue weighted by Gasteiger charge is 2.17. The highest BCUT2D eigenvalue weighted by atomic mass is 16.5. The molecule has 1 aromatic rings. The van der Waals surface area contributed by atoms with Crippen LogP contribution in [0.3, 0.4) is 0 Å². The summed E-state index contributed by atoms with van der Waals surface area (Å²) in [5, 5.41) is 2.77. The maximum atomic E-state index is 12.0. The number of carbonyl (C=O) groups is 1. The molecule has 0 saturated carbocycles. The lowest BCUT2D eigenvalue weighted by Crippen LogP contribution is -2.35. The van der Waals surface area contributed by atoms with Gasteiger partial charge >= 0.3 is 0 Å². The van der Waals surface area contributed by atoms with Crippen LogP contribution in [0.1, 0.15) is 26.2 Å². The number of benzene rings is 1. The molecule has 3 N–H and O–H groups in total. The Bertz CT molecular complexity index is 452. The lowest BCUT2D eigenvalue weighted by Gasteiger charge is -2.16. The Labute approximate surface area is 125 Å². The van der Waals surface area contributed by atoms with Crippen molar-refractivity contribution in [2.45, 2.75) is 32.2 Å². The number of unbranched alkanes of at least 4 members (excludes halogenated alkanes) is 1. The molecule has 118 valence electrons. The molecule has 0 aliphatic carbocycles. The minimum atomic E-state index is -0.524. The van der Waals surface area contributed by atoms with Crippen LogP contribution in [-0.2, 0) is 4.79 Å². The van der Waals surface area contributed by atoms with Crippen molar-refractivity contribution in [1.82, 2.24) is 0 Å². The smallest absolute Gasteiger partial charge is 0.241 e. The van der Waals surface area contributed by atoms with Crippen molar-refractivity contribution in [3.05, 3.63) is 12.1 Å². The molecule has 1 amide bonds. The average molecular weight is 296 g/mol. The molecule has 21 heavy (non-hydrogen) atoms. The van der Waals surface area contributed by atoms with Gasteiger partial charge in [0.1, 0.15) is 0 Å². The predicted molar refractivity (Wildman–Crippen MR) is 82.2 cm³/mol. The maximum absolute atomic E-state index is 12.0. The van der Waals surface area contributed by atoms with Gasteiger partial charge in [0.05, 0.1) is 27.4 Å². The van der Waals surface area contributed by atoms with E-state index in [1.165, 1.54) is 21.3 Å². The van der Waals surface area contributed by atoms with Gasteiger partial charge in [0.2, 0.25) is 11.7 Å². The quantitative estimate of drug-likeness (QED) is 0.768. The number of anilines is 1. The standard InChI is InChI=1S/C15H24N2O4/c1-5-6-7-11(16)15(18)17-10-8-12(19-2)14(21-4)13(9-10)20-3/h8-9,11H,5-7,16H2,1-4H3,(H,17,18). The van der Waals surface area contributed by atoms with Gasteiger partial charge < -0.3 is 25.3 Å². The van der Waals surface area contributed by atoms with Crippen LogP contribution in [-0.4, -0.2) is 33.3 Å². The number of amides is 1. The first-order valence-corrected chi connectivity index (χ1v) is 6.93. The van der Waals surface area contributed by atoms with Gasteiger partial charge in [-0.1, -0.05) is 19.8 Å². The van der Waals surface area contributed by atoms with E-state index < -0.39 is 6.04 Å². The third kappa shape index (κ3) is 4.53. The maximum Gasteiger partial charge on any atom is 0.241 e. The fourth-order valence-electron chi connectivity index (χ4n) is 1.94. The number of nitrogens with two attached hydrogens (primary N) is 1. The number of carbonyl (C=O) groups excluding carboxylic acids is 1. The van der Waals surface area contributed by atoms with Crippen LogP contribution in [0.2, 0.25) is 0 Å². The molecule has 0 spiro atoms. The number of hydrogen-bond donors (Lipinski definition) is 2. The van der Waals surface area contributed by atoms with E-state index in [1.54, 1.807) is 12.1 Å². The van der Waals surface area contributed by atoms with Gasteiger partial charge in [0.25, 0.3) is 0 Å². The third-order valence-corrected chi connectivity index (χ3v) is 3.14. The summed E-state index contributed by atoms with van der Waals surface area (Å²) in [4.78, 5) is 12.0. The largest absolute Gasteiger partial charge is 0.493 e. The molecule has 6 heteroatoms. The van der Waals surface area contributed by atoms with E-state index >= 15 is 0 Å². The first-order chi connectivity index (χ1) is 10.1. The second-order valence-electron chi connectivity index (χ2n) is 4.65. The third-order valence-electron chi connectivity index (χ3n) is 3.14. The highest BCUT2D eigenvalue weighted by molar-refractivity contribution is 5.95. The van der Waals surface area contributed by atoms with Crippen molar-refractivity contribution >= 4 is 11.6 Å². The molecule has 0 fully saturated rings. The lowest BCUT2D eigenvalue weighted by molar-refractivity contribution is -0.117. The summed E-state index contributed by atoms with van der Waals surface area (Å²) < 4.78 is 15.7. The number of rotatable bonds is 8. The molecular weight excluding hydrogens is 272 g/mol. The second kappa shape index (κ2) is 8.36. The van der Waals surface area contributed by atoms with Gasteiger partial charge in [-0.05, 0) is 6.42 Å². The van der Waals surface area contributed by atoms with E-state index in [2.05, 4.69) is 12.2 Å². The van der Waals surface area contributed by atoms with Crippen LogP contribution in [0.5, 0.6) is 17.2 Å². The molecular formula is C15H24N2O4. The molecule has 0 aliphatic rings. The van der Waals surface area contributed by atoms with E-state index in [0.717, 1.165) is 12.8 Å². The zero-order chi connectivity index (χ0) is 15.8. The van der Waals surface area contributed by atoms with Gasteiger partial charge in [-0.25, -0.2) is 0 Å². The summed E-state index contributed by atoms with van der Waals surface area (Å²) in [6.07, 6.45) is 2.59. The van der Waals surface area contributed by atoms with Crippen molar-refractivity contribution in [2.75, 3.05) is 26.6 Å². The van der Waals surface area contributed by atoms with Crippen LogP contribution in [0.25, 0.3) is 0 Å². The Kier molecular flexibility index (Phi) is 6.81. The molecule has 0 saturated heterocycles. The Hall–Kier alpha value is -1.95. The monoisotopic (exact) mass is 296 g/mol. The van der Waals surface area contributed by atoms with E-state index in [9.17, 15) is 4.79 Å². The predicted octanol–water partition coefficient (Wildman–Crippen LogP) is 2.17. The molecule has 0 heterocycles. The lowest BCUT2D eigenvalue weighted by atomic mass is 10.1. The topological polar surface area (TPSA) is 82.8 Å². The molecule has 1 rings (SSSR count). The zero-order valence-electron chi connectivity index (χ0n) is 13.1. The SMILES string of the molecule is CCCCC(N)C(=O)Nc1cc(OC)c(OC)c(OC)c1. The molecule has 1 unspecified atom stereocenters. The minimum absolute atomic E-state index is 0.224. The Morgan fingerprint density at radius 2 is 1.76 bits per heavy atom. The van der Waals surface area contributed by atoms with Crippen LogP contribution >= 0.6 is 0 Å². The minimum Gasteiger partial charge on any atom is -0.493 e. The summed E-state index contributed by atoms with van der Waals surface area (Å²) in [6, 6.07) is 2.82. The Morgan fingerprint density at radius 1 is 1.19 bits per heavy atom. The highest BCUT2D eigenvalue weighted by Crippen LogP contribution is 2.39. The second-order valence-corrected chi connectivity index (χ2v) is 4.65. The summed E-state index contributed by atoms with van der Waals surface area (Å²) in [7, 11) is 4.57. The molecule has 1 aromatic carbocycles. The normalized spacial score (nSPS) is 11.7. The van der Waals surface area contributed by atoms with Gasteiger partial charge in [-0.3, -0.25) is 4.79 Å². The molecule has 0 aliphatic heterocycles. The van der Waals surface area contributed by atoms with Crippen molar-refractivity contribution in [3.8, 4) is 17.2 Å². The van der Waals surface area contributed by atoms with Gasteiger partial charge in [0.15, 0.2) is 11.5 Å². The van der Waals surface area contributed by atoms with E-state index in [1.807, 2.05) is 0 Å². The van der Waals surface area contributed by atoms with Gasteiger partial charge in [-0.2, -0.15) is 0 Å². The number of ether oxygens (including phenoxy) is 3. The summed E-state index contributed by atoms with van der Waals surface area (Å²) in [5.74, 6) is 1.22. The Balaban J connectivity index is 2.91. The zero-order valence-corrected chi connectivity index (χ0v) is 13.1. The molecule has 0 aromatic heterocycles. The Morgan fingerprint density at radius 3 is 2.19 bits per heavy atom. The molecule has 1 atom stereocenters.